The zero-order chi connectivity index (χ0) is 25.8. The molecule has 5 rings (SSSR count). The number of benzene rings is 2. The maximum Gasteiger partial charge on any atom is 0.269 e. The number of carbonyl (C=O) groups is 1. The van der Waals surface area contributed by atoms with Crippen molar-refractivity contribution in [1.82, 2.24) is 10.2 Å². The van der Waals surface area contributed by atoms with Crippen molar-refractivity contribution < 1.29 is 19.8 Å². The number of nitrogens with zero attached hydrogens (tertiary/aromatic N) is 2. The van der Waals surface area contributed by atoms with Gasteiger partial charge in [0.05, 0.1) is 18.2 Å². The Balaban J connectivity index is 1.23. The number of carbonyl (C=O) groups excluding carboxylic acids is 1. The van der Waals surface area contributed by atoms with Crippen molar-refractivity contribution in [3.8, 4) is 0 Å². The number of oxime groups is 1. The van der Waals surface area contributed by atoms with Crippen LogP contribution in [0.4, 0.5) is 0 Å². The summed E-state index contributed by atoms with van der Waals surface area (Å²) in [6.45, 7) is 2.35. The van der Waals surface area contributed by atoms with E-state index in [2.05, 4.69) is 39.6 Å². The first-order valence-corrected chi connectivity index (χ1v) is 13.5. The highest BCUT2D eigenvalue weighted by Crippen LogP contribution is 2.33. The predicted octanol–water partition coefficient (Wildman–Crippen LogP) is 4.15. The molecule has 2 aliphatic carbocycles. The van der Waals surface area contributed by atoms with E-state index in [1.165, 1.54) is 0 Å². The van der Waals surface area contributed by atoms with E-state index in [4.69, 9.17) is 16.3 Å². The monoisotopic (exact) mass is 523 g/mol. The summed E-state index contributed by atoms with van der Waals surface area (Å²) in [6, 6.07) is 13.7. The first-order chi connectivity index (χ1) is 18.0. The minimum Gasteiger partial charge on any atom is -0.410 e. The number of amides is 1. The summed E-state index contributed by atoms with van der Waals surface area (Å²) in [5, 5.41) is 30.0. The second-order valence-corrected chi connectivity index (χ2v) is 10.6. The first-order valence-electron chi connectivity index (χ1n) is 13.1. The van der Waals surface area contributed by atoms with Crippen LogP contribution in [0.5, 0.6) is 0 Å². The van der Waals surface area contributed by atoms with E-state index in [9.17, 15) is 15.1 Å². The van der Waals surface area contributed by atoms with Crippen LogP contribution in [0.25, 0.3) is 10.8 Å². The number of halogens is 1. The van der Waals surface area contributed by atoms with Crippen LogP contribution in [0.1, 0.15) is 37.7 Å². The van der Waals surface area contributed by atoms with E-state index in [1.807, 2.05) is 24.3 Å². The van der Waals surface area contributed by atoms with E-state index in [0.717, 1.165) is 48.7 Å². The molecule has 1 saturated heterocycles. The second kappa shape index (κ2) is 11.8. The van der Waals surface area contributed by atoms with Gasteiger partial charge in [-0.15, -0.1) is 0 Å². The highest BCUT2D eigenvalue weighted by molar-refractivity contribution is 6.38. The minimum atomic E-state index is -0.944. The van der Waals surface area contributed by atoms with Crippen LogP contribution in [0, 0.1) is 0 Å². The molecule has 0 bridgehead atoms. The predicted molar refractivity (Wildman–Crippen MR) is 145 cm³/mol. The van der Waals surface area contributed by atoms with Crippen LogP contribution in [0.3, 0.4) is 0 Å². The van der Waals surface area contributed by atoms with E-state index in [1.54, 1.807) is 6.08 Å². The normalized spacial score (nSPS) is 22.1. The second-order valence-electron chi connectivity index (χ2n) is 10.2. The Morgan fingerprint density at radius 3 is 2.65 bits per heavy atom. The smallest absolute Gasteiger partial charge is 0.269 e. The van der Waals surface area contributed by atoms with Gasteiger partial charge in [0, 0.05) is 18.0 Å². The van der Waals surface area contributed by atoms with Crippen molar-refractivity contribution in [3.05, 3.63) is 70.8 Å². The summed E-state index contributed by atoms with van der Waals surface area (Å²) in [4.78, 5) is 15.3. The number of aryl methyl sites for hydroxylation is 1. The van der Waals surface area contributed by atoms with Gasteiger partial charge in [0.15, 0.2) is 0 Å². The van der Waals surface area contributed by atoms with Crippen LogP contribution in [-0.2, 0) is 16.0 Å². The zero-order valence-electron chi connectivity index (χ0n) is 20.9. The van der Waals surface area contributed by atoms with E-state index in [0.29, 0.717) is 30.0 Å². The molecule has 196 valence electrons. The standard InChI is InChI=1S/C29H34ClN3O4/c30-24-17-22(9-13-27(24)37-23-10-11-23)28(34)26(18-33-14-3-15-33)31-29(35)25(32-36)12-7-19-6-8-20-4-1-2-5-21(20)16-19/h1-2,4-6,8-9,16-17,23,26-28,34,36H,3,7,10-15,18H2,(H,31,35)/b32-25+/t26-,27?,28-/m1/s1. The van der Waals surface area contributed by atoms with Crippen LogP contribution in [-0.4, -0.2) is 70.8 Å². The van der Waals surface area contributed by atoms with Crippen molar-refractivity contribution in [2.75, 3.05) is 19.6 Å². The van der Waals surface area contributed by atoms with Crippen LogP contribution in [0.15, 0.2) is 70.4 Å². The topological polar surface area (TPSA) is 94.4 Å². The Bertz CT molecular complexity index is 1220. The van der Waals surface area contributed by atoms with Crippen molar-refractivity contribution in [2.24, 2.45) is 5.16 Å². The summed E-state index contributed by atoms with van der Waals surface area (Å²) in [6.07, 6.45) is 7.55. The molecule has 2 fully saturated rings. The summed E-state index contributed by atoms with van der Waals surface area (Å²) in [5.74, 6) is -0.478. The Hall–Kier alpha value is -2.71. The van der Waals surface area contributed by atoms with E-state index < -0.39 is 18.1 Å². The van der Waals surface area contributed by atoms with Crippen LogP contribution < -0.4 is 5.32 Å². The SMILES string of the molecule is O=C(N[C@H](CN1CCC1)[C@H](O)C1=CCC(OC2CC2)C(Cl)=C1)/C(CCc1ccc2ccccc2c1)=N/O. The molecule has 2 aromatic rings. The number of aliphatic hydroxyl groups is 1. The third-order valence-electron chi connectivity index (χ3n) is 7.35. The number of fused-ring (bicyclic) bond motifs is 1. The lowest BCUT2D eigenvalue weighted by Crippen LogP contribution is -2.55. The van der Waals surface area contributed by atoms with Gasteiger partial charge < -0.3 is 25.3 Å². The number of likely N-dealkylation sites (tertiary alicyclic amines) is 1. The molecule has 7 nitrogen and oxygen atoms in total. The van der Waals surface area contributed by atoms with Crippen molar-refractivity contribution in [3.63, 3.8) is 0 Å². The van der Waals surface area contributed by atoms with Gasteiger partial charge in [-0.25, -0.2) is 0 Å². The number of aliphatic hydroxyl groups excluding tert-OH is 1. The molecule has 1 unspecified atom stereocenters. The molecule has 3 aliphatic rings. The maximum atomic E-state index is 13.1. The van der Waals surface area contributed by atoms with Gasteiger partial charge in [0.2, 0.25) is 0 Å². The quantitative estimate of drug-likeness (QED) is 0.234. The fourth-order valence-electron chi connectivity index (χ4n) is 4.85. The van der Waals surface area contributed by atoms with Gasteiger partial charge in [-0.1, -0.05) is 65.3 Å². The molecular formula is C29H34ClN3O4. The Kier molecular flexibility index (Phi) is 8.25. The fraction of sp³-hybridized carbons (Fsp3) is 0.448. The lowest BCUT2D eigenvalue weighted by molar-refractivity contribution is -0.116. The van der Waals surface area contributed by atoms with Gasteiger partial charge in [0.25, 0.3) is 5.91 Å². The number of nitrogens with one attached hydrogen (secondary N) is 1. The minimum absolute atomic E-state index is 0.0399. The molecule has 1 saturated carbocycles. The lowest BCUT2D eigenvalue weighted by atomic mass is 9.94. The molecule has 0 spiro atoms. The van der Waals surface area contributed by atoms with Crippen molar-refractivity contribution in [1.29, 1.82) is 0 Å². The van der Waals surface area contributed by atoms with Crippen LogP contribution >= 0.6 is 11.6 Å². The van der Waals surface area contributed by atoms with E-state index in [-0.39, 0.29) is 24.3 Å². The highest BCUT2D eigenvalue weighted by Gasteiger charge is 2.33. The third-order valence-corrected chi connectivity index (χ3v) is 7.70. The molecule has 3 N–H and O–H groups in total. The number of rotatable bonds is 11. The summed E-state index contributed by atoms with van der Waals surface area (Å²) in [7, 11) is 0. The fourth-order valence-corrected chi connectivity index (χ4v) is 5.11. The lowest BCUT2D eigenvalue weighted by Gasteiger charge is -2.36. The average molecular weight is 524 g/mol. The summed E-state index contributed by atoms with van der Waals surface area (Å²) < 4.78 is 5.94. The summed E-state index contributed by atoms with van der Waals surface area (Å²) >= 11 is 6.49. The molecular weight excluding hydrogens is 490 g/mol. The molecule has 8 heteroatoms. The van der Waals surface area contributed by atoms with Gasteiger partial charge in [-0.05, 0) is 73.2 Å². The largest absolute Gasteiger partial charge is 0.410 e. The zero-order valence-corrected chi connectivity index (χ0v) is 21.6. The molecule has 0 radical (unpaired) electrons. The number of ether oxygens (including phenoxy) is 1. The Labute approximate surface area is 222 Å². The van der Waals surface area contributed by atoms with Gasteiger partial charge in [0.1, 0.15) is 11.8 Å². The Morgan fingerprint density at radius 1 is 1.19 bits per heavy atom. The molecule has 1 heterocycles. The van der Waals surface area contributed by atoms with Crippen molar-refractivity contribution >= 4 is 34.0 Å². The van der Waals surface area contributed by atoms with Gasteiger partial charge in [-0.3, -0.25) is 4.79 Å². The molecule has 3 atom stereocenters. The number of hydrogen-bond acceptors (Lipinski definition) is 6. The van der Waals surface area contributed by atoms with Gasteiger partial charge in [-0.2, -0.15) is 0 Å². The summed E-state index contributed by atoms with van der Waals surface area (Å²) in [5.41, 5.74) is 1.77. The van der Waals surface area contributed by atoms with Crippen LogP contribution in [0.2, 0.25) is 0 Å². The average Bonchev–Trinajstić information content (AvgIpc) is 3.70. The highest BCUT2D eigenvalue weighted by atomic mass is 35.5. The molecule has 1 aliphatic heterocycles. The maximum absolute atomic E-state index is 13.1. The number of hydrogen-bond donors (Lipinski definition) is 3. The third kappa shape index (κ3) is 6.60. The van der Waals surface area contributed by atoms with Gasteiger partial charge >= 0.3 is 0 Å². The van der Waals surface area contributed by atoms with Crippen molar-refractivity contribution in [2.45, 2.75) is 62.9 Å². The molecule has 1 amide bonds. The van der Waals surface area contributed by atoms with E-state index >= 15 is 0 Å². The Morgan fingerprint density at radius 2 is 1.97 bits per heavy atom. The molecule has 2 aromatic carbocycles. The molecule has 37 heavy (non-hydrogen) atoms. The first kappa shape index (κ1) is 25.9. The molecule has 0 aromatic heterocycles.